The maximum absolute atomic E-state index is 13.8. The summed E-state index contributed by atoms with van der Waals surface area (Å²) in [6, 6.07) is 4.74. The van der Waals surface area contributed by atoms with E-state index in [0.717, 1.165) is 0 Å². The number of aliphatic imine (C=N–C) groups is 3. The topological polar surface area (TPSA) is 429 Å². The maximum Gasteiger partial charge on any atom is 0.305 e. The average molecular weight is 1110 g/mol. The Morgan fingerprint density at radius 1 is 0.700 bits per heavy atom. The van der Waals surface area contributed by atoms with Crippen LogP contribution in [0.1, 0.15) is 87.9 Å². The van der Waals surface area contributed by atoms with Crippen molar-refractivity contribution >= 4 is 93.1 Å². The number of carbonyl (C=O) groups is 7. The lowest BCUT2D eigenvalue weighted by Crippen LogP contribution is -2.36. The lowest BCUT2D eigenvalue weighted by atomic mass is 10.1. The first-order chi connectivity index (χ1) is 38.1. The number of hydrogen-bond acceptors (Lipinski definition) is 18. The Hall–Kier alpha value is -9.82. The molecule has 15 N–H and O–H groups in total. The van der Waals surface area contributed by atoms with Crippen LogP contribution in [0.5, 0.6) is 11.5 Å². The zero-order chi connectivity index (χ0) is 59.6. The Morgan fingerprint density at radius 2 is 1.16 bits per heavy atom. The summed E-state index contributed by atoms with van der Waals surface area (Å²) in [6.45, 7) is 11.0. The van der Waals surface area contributed by atoms with E-state index in [1.165, 1.54) is 60.8 Å². The van der Waals surface area contributed by atoms with E-state index in [0.29, 0.717) is 22.4 Å². The number of amides is 4. The molecule has 0 atom stereocenters. The van der Waals surface area contributed by atoms with Crippen molar-refractivity contribution in [3.8, 4) is 11.5 Å². The summed E-state index contributed by atoms with van der Waals surface area (Å²) in [6.07, 6.45) is 11.0. The third-order valence-corrected chi connectivity index (χ3v) is 10.9. The van der Waals surface area contributed by atoms with Gasteiger partial charge >= 0.3 is 17.9 Å². The smallest absolute Gasteiger partial charge is 0.305 e. The first-order valence-corrected chi connectivity index (χ1v) is 25.2. The van der Waals surface area contributed by atoms with Crippen molar-refractivity contribution in [2.45, 2.75) is 86.4 Å². The van der Waals surface area contributed by atoms with Crippen LogP contribution in [0.2, 0.25) is 0 Å². The minimum atomic E-state index is -1.19. The Balaban J connectivity index is 0.00000831. The van der Waals surface area contributed by atoms with Crippen molar-refractivity contribution < 1.29 is 58.4 Å². The molecule has 430 valence electrons. The van der Waals surface area contributed by atoms with Crippen molar-refractivity contribution in [2.75, 3.05) is 50.5 Å². The lowest BCUT2D eigenvalue weighted by molar-refractivity contribution is -0.141. The third kappa shape index (κ3) is 19.3. The monoisotopic (exact) mass is 1110 g/mol. The number of nitrogens with one attached hydrogen (secondary N) is 2. The fraction of sp³-hybridized carbons (Fsp3) is 0.358. The maximum atomic E-state index is 13.8. The van der Waals surface area contributed by atoms with Gasteiger partial charge in [0.2, 0.25) is 23.7 Å². The minimum Gasteiger partial charge on any atom is -0.491 e. The van der Waals surface area contributed by atoms with Crippen molar-refractivity contribution in [3.63, 3.8) is 0 Å². The van der Waals surface area contributed by atoms with E-state index in [4.69, 9.17) is 38.1 Å². The second kappa shape index (κ2) is 32.0. The second-order valence-corrected chi connectivity index (χ2v) is 17.1. The molecule has 27 nitrogen and oxygen atoms in total. The molecule has 2 heterocycles. The predicted molar refractivity (Wildman–Crippen MR) is 305 cm³/mol. The molecule has 0 radical (unpaired) electrons. The van der Waals surface area contributed by atoms with Gasteiger partial charge in [-0.15, -0.1) is 0 Å². The molecule has 0 aliphatic carbocycles. The van der Waals surface area contributed by atoms with Crippen LogP contribution >= 0.6 is 0 Å². The number of aromatic nitrogens is 4. The van der Waals surface area contributed by atoms with Gasteiger partial charge in [-0.1, -0.05) is 32.1 Å². The highest BCUT2D eigenvalue weighted by Gasteiger charge is 2.25. The van der Waals surface area contributed by atoms with Gasteiger partial charge in [0, 0.05) is 80.6 Å². The van der Waals surface area contributed by atoms with Gasteiger partial charge in [0.1, 0.15) is 40.6 Å². The summed E-state index contributed by atoms with van der Waals surface area (Å²) in [5.41, 5.74) is 31.0. The Labute approximate surface area is 461 Å². The largest absolute Gasteiger partial charge is 0.491 e. The standard InChI is InChI=1S/C51H65N15O12.C2H6/c1-6-58-37(19-29(3)53)48(75)62-50-60-35-21-31(46(55)73)23-39(77-17-11-8-14-57-28-34(27-52)64(5)33(25-42(69)70)26-43(71)72)44(35)65(50)15-9-10-16-66-45-36(61-51(66)63-49(76)38(59-7-2)20-30(4)54)22-32(47(56)74)24-40(45)78-18-12-13-41(67)68;1-2/h8-11,19-24,27-28,33H,6-7,12-18,25-26,52-54H2,1-5H3,(H2,55,73)(H2,56,74)(H,67,68)(H,69,70)(H,71,72)(H,60,62,75)(H,61,63,76);1-2H3/b10-9+,11-8+,29-19-,30-20-,34-27+,57-28?,58-37?,59-38?;. The number of carboxylic acids is 3. The van der Waals surface area contributed by atoms with Gasteiger partial charge in [-0.2, -0.15) is 0 Å². The molecule has 4 amide bonds. The van der Waals surface area contributed by atoms with Gasteiger partial charge in [0.15, 0.2) is 0 Å². The third-order valence-electron chi connectivity index (χ3n) is 10.9. The molecule has 0 saturated heterocycles. The van der Waals surface area contributed by atoms with Crippen molar-refractivity contribution in [1.82, 2.24) is 24.0 Å². The minimum absolute atomic E-state index is 0.00101. The summed E-state index contributed by atoms with van der Waals surface area (Å²) in [7, 11) is 1.51. The molecule has 0 fully saturated rings. The first kappa shape index (κ1) is 64.5. The summed E-state index contributed by atoms with van der Waals surface area (Å²) in [5.74, 6) is -6.12. The van der Waals surface area contributed by atoms with Gasteiger partial charge in [-0.05, 0) is 76.6 Å². The molecule has 0 saturated carbocycles. The van der Waals surface area contributed by atoms with Crippen LogP contribution in [0, 0.1) is 0 Å². The normalized spacial score (nSPS) is 12.6. The first-order valence-electron chi connectivity index (χ1n) is 25.2. The molecule has 0 bridgehead atoms. The van der Waals surface area contributed by atoms with Crippen LogP contribution in [-0.2, 0) is 37.1 Å². The molecule has 0 spiro atoms. The highest BCUT2D eigenvalue weighted by Crippen LogP contribution is 2.33. The molecule has 0 aliphatic heterocycles. The van der Waals surface area contributed by atoms with Gasteiger partial charge < -0.3 is 67.5 Å². The number of nitrogens with two attached hydrogens (primary N) is 5. The van der Waals surface area contributed by atoms with Crippen molar-refractivity contribution in [3.05, 3.63) is 95.1 Å². The predicted octanol–water partition coefficient (Wildman–Crippen LogP) is 3.69. The van der Waals surface area contributed by atoms with Crippen LogP contribution in [0.4, 0.5) is 11.9 Å². The van der Waals surface area contributed by atoms with Crippen LogP contribution in [0.25, 0.3) is 22.1 Å². The van der Waals surface area contributed by atoms with Gasteiger partial charge in [-0.25, -0.2) is 9.97 Å². The number of ether oxygens (including phenoxy) is 2. The molecular weight excluding hydrogens is 1040 g/mol. The highest BCUT2D eigenvalue weighted by molar-refractivity contribution is 6.47. The molecule has 2 aromatic carbocycles. The summed E-state index contributed by atoms with van der Waals surface area (Å²) >= 11 is 0. The number of primary amides is 2. The number of hydrogen-bond donors (Lipinski definition) is 10. The molecule has 0 unspecified atom stereocenters. The number of aliphatic carboxylic acids is 3. The number of carboxylic acid groups (broad SMARTS) is 3. The van der Waals surface area contributed by atoms with Crippen LogP contribution in [0.3, 0.4) is 0 Å². The number of nitrogens with zero attached hydrogens (tertiary/aromatic N) is 8. The van der Waals surface area contributed by atoms with Crippen molar-refractivity contribution in [1.29, 1.82) is 0 Å². The van der Waals surface area contributed by atoms with Crippen LogP contribution in [-0.4, -0.2) is 144 Å². The lowest BCUT2D eigenvalue weighted by Gasteiger charge is -2.28. The van der Waals surface area contributed by atoms with Gasteiger partial charge in [0.25, 0.3) is 11.8 Å². The SMILES string of the molecule is CC.CCN=C(/C=C(/C)N)C(=O)Nc1nc2cc(C(N)=O)cc(OC/C=C/CN=C/C(=C\N)N(C)C(CC(=O)O)CC(=O)O)c2n1C/C=C/Cn1c(NC(=O)C(/C=C(/C)N)=NCC)nc2cc(C(N)=O)cc(OCCCC(=O)O)c21. The number of fused-ring (bicyclic) bond motifs is 2. The number of benzene rings is 2. The molecule has 80 heavy (non-hydrogen) atoms. The molecule has 4 rings (SSSR count). The van der Waals surface area contributed by atoms with E-state index in [9.17, 15) is 48.9 Å². The van der Waals surface area contributed by atoms with E-state index in [2.05, 4.69) is 35.6 Å². The molecule has 2 aromatic heterocycles. The van der Waals surface area contributed by atoms with Crippen LogP contribution in [0.15, 0.2) is 99.0 Å². The molecule has 27 heteroatoms. The Kier molecular flexibility index (Phi) is 25.8. The van der Waals surface area contributed by atoms with Gasteiger partial charge in [0.05, 0.1) is 42.7 Å². The Morgan fingerprint density at radius 3 is 1.56 bits per heavy atom. The van der Waals surface area contributed by atoms with E-state index >= 15 is 0 Å². The number of carbonyl (C=O) groups excluding carboxylic acids is 4. The number of rotatable bonds is 31. The fourth-order valence-electron chi connectivity index (χ4n) is 7.44. The summed E-state index contributed by atoms with van der Waals surface area (Å²) < 4.78 is 15.4. The van der Waals surface area contributed by atoms with Crippen LogP contribution < -0.4 is 48.8 Å². The van der Waals surface area contributed by atoms with E-state index < -0.39 is 60.4 Å². The fourth-order valence-corrected chi connectivity index (χ4v) is 7.44. The summed E-state index contributed by atoms with van der Waals surface area (Å²) in [4.78, 5) is 110. The quantitative estimate of drug-likeness (QED) is 0.0195. The molecule has 4 aromatic rings. The second-order valence-electron chi connectivity index (χ2n) is 17.1. The molecule has 0 aliphatic rings. The summed E-state index contributed by atoms with van der Waals surface area (Å²) in [5, 5.41) is 33.4. The highest BCUT2D eigenvalue weighted by atomic mass is 16.5. The Bertz CT molecular complexity index is 3140. The number of imidazole rings is 2. The molecular formula is C53H71N15O12. The zero-order valence-corrected chi connectivity index (χ0v) is 45.8. The van der Waals surface area contributed by atoms with E-state index in [-0.39, 0.29) is 121 Å². The van der Waals surface area contributed by atoms with Crippen molar-refractivity contribution in [2.24, 2.45) is 43.6 Å². The number of anilines is 2. The average Bonchev–Trinajstić information content (AvgIpc) is 4.14. The van der Waals surface area contributed by atoms with E-state index in [1.54, 1.807) is 61.1 Å². The number of allylic oxidation sites excluding steroid dienone is 5. The van der Waals surface area contributed by atoms with Gasteiger partial charge in [-0.3, -0.25) is 59.2 Å². The zero-order valence-electron chi connectivity index (χ0n) is 45.8. The van der Waals surface area contributed by atoms with E-state index in [1.807, 2.05) is 13.8 Å².